The van der Waals surface area contributed by atoms with Crippen molar-refractivity contribution in [3.05, 3.63) is 35.4 Å². The van der Waals surface area contributed by atoms with Crippen LogP contribution in [0.3, 0.4) is 0 Å². The maximum atomic E-state index is 12.3. The van der Waals surface area contributed by atoms with E-state index in [2.05, 4.69) is 10.6 Å². The number of aryl methyl sites for hydroxylation is 1. The van der Waals surface area contributed by atoms with Crippen LogP contribution >= 0.6 is 34.8 Å². The van der Waals surface area contributed by atoms with Crippen LogP contribution in [-0.4, -0.2) is 35.1 Å². The summed E-state index contributed by atoms with van der Waals surface area (Å²) in [4.78, 5) is 12.3. The van der Waals surface area contributed by atoms with Crippen LogP contribution in [0.1, 0.15) is 28.8 Å². The van der Waals surface area contributed by atoms with Gasteiger partial charge in [-0.25, -0.2) is 0 Å². The molecule has 1 aromatic rings. The average Bonchev–Trinajstić information content (AvgIpc) is 2.95. The summed E-state index contributed by atoms with van der Waals surface area (Å²) in [5.74, 6) is -0.292. The number of amides is 1. The van der Waals surface area contributed by atoms with Crippen molar-refractivity contribution in [3.63, 3.8) is 0 Å². The Morgan fingerprint density at radius 3 is 2.82 bits per heavy atom. The molecule has 1 amide bonds. The Kier molecular flexibility index (Phi) is 6.36. The van der Waals surface area contributed by atoms with Crippen LogP contribution < -0.4 is 10.6 Å². The number of hydrogen-bond acceptors (Lipinski definition) is 3. The summed E-state index contributed by atoms with van der Waals surface area (Å²) in [6.45, 7) is 3.19. The van der Waals surface area contributed by atoms with E-state index >= 15 is 0 Å². The van der Waals surface area contributed by atoms with Crippen LogP contribution in [-0.2, 0) is 4.74 Å². The SMILES string of the molecule is Cc1cccc(C(=O)N[C@@H](NC[C@H]2CCCO2)C(Cl)(Cl)Cl)c1. The number of carbonyl (C=O) groups is 1. The van der Waals surface area contributed by atoms with E-state index in [1.807, 2.05) is 19.1 Å². The first-order valence-electron chi connectivity index (χ1n) is 7.15. The number of halogens is 3. The Morgan fingerprint density at radius 1 is 1.45 bits per heavy atom. The first kappa shape index (κ1) is 17.8. The van der Waals surface area contributed by atoms with Gasteiger partial charge in [0.1, 0.15) is 6.17 Å². The average molecular weight is 366 g/mol. The molecule has 1 aromatic carbocycles. The van der Waals surface area contributed by atoms with Crippen molar-refractivity contribution in [2.45, 2.75) is 35.8 Å². The molecule has 1 saturated heterocycles. The van der Waals surface area contributed by atoms with Gasteiger partial charge in [-0.15, -0.1) is 0 Å². The molecule has 0 aromatic heterocycles. The predicted octanol–water partition coefficient (Wildman–Crippen LogP) is 3.19. The zero-order chi connectivity index (χ0) is 16.2. The maximum absolute atomic E-state index is 12.3. The van der Waals surface area contributed by atoms with Crippen molar-refractivity contribution >= 4 is 40.7 Å². The van der Waals surface area contributed by atoms with E-state index in [0.717, 1.165) is 25.0 Å². The topological polar surface area (TPSA) is 50.4 Å². The Morgan fingerprint density at radius 2 is 2.23 bits per heavy atom. The van der Waals surface area contributed by atoms with Crippen LogP contribution in [0.25, 0.3) is 0 Å². The minimum atomic E-state index is -1.65. The minimum absolute atomic E-state index is 0.0886. The van der Waals surface area contributed by atoms with Crippen LogP contribution in [0.15, 0.2) is 24.3 Å². The van der Waals surface area contributed by atoms with Gasteiger partial charge in [0.25, 0.3) is 5.91 Å². The van der Waals surface area contributed by atoms with Crippen LogP contribution in [0, 0.1) is 6.92 Å². The molecule has 1 fully saturated rings. The van der Waals surface area contributed by atoms with Gasteiger partial charge < -0.3 is 10.1 Å². The first-order valence-corrected chi connectivity index (χ1v) is 8.29. The number of benzene rings is 1. The zero-order valence-corrected chi connectivity index (χ0v) is 14.5. The molecule has 0 radical (unpaired) electrons. The molecule has 2 atom stereocenters. The van der Waals surface area contributed by atoms with Gasteiger partial charge in [0.15, 0.2) is 0 Å². The lowest BCUT2D eigenvalue weighted by Crippen LogP contribution is -2.54. The van der Waals surface area contributed by atoms with E-state index in [9.17, 15) is 4.79 Å². The van der Waals surface area contributed by atoms with Crippen LogP contribution in [0.4, 0.5) is 0 Å². The summed E-state index contributed by atoms with van der Waals surface area (Å²) in [5.41, 5.74) is 1.52. The van der Waals surface area contributed by atoms with Crippen molar-refractivity contribution in [2.75, 3.05) is 13.2 Å². The summed E-state index contributed by atoms with van der Waals surface area (Å²) >= 11 is 17.9. The Labute approximate surface area is 145 Å². The van der Waals surface area contributed by atoms with Crippen molar-refractivity contribution in [1.29, 1.82) is 0 Å². The highest BCUT2D eigenvalue weighted by molar-refractivity contribution is 6.68. The zero-order valence-electron chi connectivity index (χ0n) is 12.2. The number of nitrogens with one attached hydrogen (secondary N) is 2. The minimum Gasteiger partial charge on any atom is -0.377 e. The standard InChI is InChI=1S/C15H19Cl3N2O2/c1-10-4-2-5-11(8-10)13(21)20-14(15(16,17)18)19-9-12-6-3-7-22-12/h2,4-5,8,12,14,19H,3,6-7,9H2,1H3,(H,20,21)/t12-,14-/m1/s1. The monoisotopic (exact) mass is 364 g/mol. The summed E-state index contributed by atoms with van der Waals surface area (Å²) in [5, 5.41) is 5.79. The third-order valence-electron chi connectivity index (χ3n) is 3.46. The second-order valence-corrected chi connectivity index (χ2v) is 7.73. The summed E-state index contributed by atoms with van der Waals surface area (Å²) in [6.07, 6.45) is 1.28. The third-order valence-corrected chi connectivity index (χ3v) is 4.11. The van der Waals surface area contributed by atoms with E-state index in [4.69, 9.17) is 39.5 Å². The highest BCUT2D eigenvalue weighted by Crippen LogP contribution is 2.29. The Hall–Kier alpha value is -0.520. The molecule has 0 spiro atoms. The molecule has 1 aliphatic rings. The van der Waals surface area contributed by atoms with E-state index < -0.39 is 9.96 Å². The molecule has 1 aliphatic heterocycles. The molecule has 0 saturated carbocycles. The molecule has 122 valence electrons. The largest absolute Gasteiger partial charge is 0.377 e. The number of alkyl halides is 3. The maximum Gasteiger partial charge on any atom is 0.252 e. The lowest BCUT2D eigenvalue weighted by molar-refractivity contribution is 0.0897. The lowest BCUT2D eigenvalue weighted by Gasteiger charge is -2.27. The Balaban J connectivity index is 1.98. The molecule has 22 heavy (non-hydrogen) atoms. The predicted molar refractivity (Wildman–Crippen MR) is 89.7 cm³/mol. The van der Waals surface area contributed by atoms with E-state index in [0.29, 0.717) is 12.1 Å². The highest BCUT2D eigenvalue weighted by atomic mass is 35.6. The van der Waals surface area contributed by atoms with Gasteiger partial charge >= 0.3 is 0 Å². The third kappa shape index (κ3) is 5.28. The quantitative estimate of drug-likeness (QED) is 0.622. The second-order valence-electron chi connectivity index (χ2n) is 5.36. The van der Waals surface area contributed by atoms with Gasteiger partial charge in [-0.3, -0.25) is 10.1 Å². The van der Waals surface area contributed by atoms with E-state index in [1.54, 1.807) is 12.1 Å². The fourth-order valence-corrected chi connectivity index (χ4v) is 2.70. The molecule has 0 aliphatic carbocycles. The highest BCUT2D eigenvalue weighted by Gasteiger charge is 2.34. The molecule has 2 rings (SSSR count). The van der Waals surface area contributed by atoms with Crippen molar-refractivity contribution in [1.82, 2.24) is 10.6 Å². The molecular weight excluding hydrogens is 347 g/mol. The molecule has 2 N–H and O–H groups in total. The van der Waals surface area contributed by atoms with Gasteiger partial charge in [-0.05, 0) is 31.9 Å². The molecule has 4 nitrogen and oxygen atoms in total. The van der Waals surface area contributed by atoms with Crippen molar-refractivity contribution in [2.24, 2.45) is 0 Å². The van der Waals surface area contributed by atoms with Gasteiger partial charge in [-0.2, -0.15) is 0 Å². The summed E-state index contributed by atoms with van der Waals surface area (Å²) in [7, 11) is 0. The van der Waals surface area contributed by atoms with Gasteiger partial charge in [0.05, 0.1) is 6.10 Å². The van der Waals surface area contributed by atoms with E-state index in [-0.39, 0.29) is 12.0 Å². The van der Waals surface area contributed by atoms with Gasteiger partial charge in [-0.1, -0.05) is 52.5 Å². The fraction of sp³-hybridized carbons (Fsp3) is 0.533. The number of carbonyl (C=O) groups excluding carboxylic acids is 1. The van der Waals surface area contributed by atoms with Crippen molar-refractivity contribution in [3.8, 4) is 0 Å². The number of rotatable bonds is 5. The molecule has 1 heterocycles. The number of ether oxygens (including phenoxy) is 1. The number of hydrogen-bond donors (Lipinski definition) is 2. The van der Waals surface area contributed by atoms with E-state index in [1.165, 1.54) is 0 Å². The fourth-order valence-electron chi connectivity index (χ4n) is 2.30. The molecule has 0 unspecified atom stereocenters. The van der Waals surface area contributed by atoms with Crippen LogP contribution in [0.2, 0.25) is 0 Å². The van der Waals surface area contributed by atoms with Gasteiger partial charge in [0, 0.05) is 18.7 Å². The smallest absolute Gasteiger partial charge is 0.252 e. The van der Waals surface area contributed by atoms with Crippen LogP contribution in [0.5, 0.6) is 0 Å². The first-order chi connectivity index (χ1) is 10.4. The molecular formula is C15H19Cl3N2O2. The van der Waals surface area contributed by atoms with Gasteiger partial charge in [0.2, 0.25) is 3.79 Å². The lowest BCUT2D eigenvalue weighted by atomic mass is 10.1. The summed E-state index contributed by atoms with van der Waals surface area (Å²) < 4.78 is 3.86. The molecule has 7 heteroatoms. The second kappa shape index (κ2) is 7.84. The molecule has 0 bridgehead atoms. The normalized spacial score (nSPS) is 19.9. The van der Waals surface area contributed by atoms with Crippen molar-refractivity contribution < 1.29 is 9.53 Å². The summed E-state index contributed by atoms with van der Waals surface area (Å²) in [6, 6.07) is 7.23. The Bertz CT molecular complexity index is 514.